The van der Waals surface area contributed by atoms with Gasteiger partial charge in [0.2, 0.25) is 0 Å². The van der Waals surface area contributed by atoms with E-state index in [9.17, 15) is 5.11 Å². The molecule has 2 saturated heterocycles. The Kier molecular flexibility index (Phi) is 3.32. The summed E-state index contributed by atoms with van der Waals surface area (Å²) in [5.41, 5.74) is 0. The molecule has 0 aromatic rings. The number of rotatable bonds is 3. The standard InChI is InChI=1S/C11H18O5/c1-4-5-13-10-8(12)9-7(6-14-10)15-11(2,3)16-9/h4,7-10,12H,1,5-6H2,2-3H3/t7-,8+,9-,10?/m0/s1. The highest BCUT2D eigenvalue weighted by Crippen LogP contribution is 2.34. The minimum absolute atomic E-state index is 0.228. The van der Waals surface area contributed by atoms with Crippen LogP contribution in [0.3, 0.4) is 0 Å². The average molecular weight is 230 g/mol. The zero-order valence-corrected chi connectivity index (χ0v) is 9.59. The van der Waals surface area contributed by atoms with Crippen LogP contribution in [0.5, 0.6) is 0 Å². The quantitative estimate of drug-likeness (QED) is 0.712. The van der Waals surface area contributed by atoms with Gasteiger partial charge in [-0.1, -0.05) is 6.08 Å². The molecule has 2 aliphatic rings. The van der Waals surface area contributed by atoms with Crippen LogP contribution < -0.4 is 0 Å². The van der Waals surface area contributed by atoms with Gasteiger partial charge >= 0.3 is 0 Å². The zero-order valence-electron chi connectivity index (χ0n) is 9.59. The predicted molar refractivity (Wildman–Crippen MR) is 55.7 cm³/mol. The van der Waals surface area contributed by atoms with Gasteiger partial charge < -0.3 is 24.1 Å². The summed E-state index contributed by atoms with van der Waals surface area (Å²) in [7, 11) is 0. The van der Waals surface area contributed by atoms with Crippen molar-refractivity contribution in [2.75, 3.05) is 13.2 Å². The van der Waals surface area contributed by atoms with Crippen LogP contribution in [0.1, 0.15) is 13.8 Å². The van der Waals surface area contributed by atoms with Gasteiger partial charge in [0.25, 0.3) is 0 Å². The van der Waals surface area contributed by atoms with Crippen molar-refractivity contribution in [3.63, 3.8) is 0 Å². The van der Waals surface area contributed by atoms with Crippen molar-refractivity contribution < 1.29 is 24.1 Å². The average Bonchev–Trinajstić information content (AvgIpc) is 2.53. The normalized spacial score (nSPS) is 41.7. The molecule has 5 nitrogen and oxygen atoms in total. The van der Waals surface area contributed by atoms with Crippen molar-refractivity contribution in [2.24, 2.45) is 0 Å². The molecule has 0 aliphatic carbocycles. The van der Waals surface area contributed by atoms with Gasteiger partial charge in [0.05, 0.1) is 13.2 Å². The summed E-state index contributed by atoms with van der Waals surface area (Å²) in [5.74, 6) is -0.674. The van der Waals surface area contributed by atoms with Crippen molar-refractivity contribution in [3.05, 3.63) is 12.7 Å². The third kappa shape index (κ3) is 2.28. The monoisotopic (exact) mass is 230 g/mol. The van der Waals surface area contributed by atoms with E-state index in [1.165, 1.54) is 0 Å². The fourth-order valence-electron chi connectivity index (χ4n) is 2.03. The molecule has 0 spiro atoms. The third-order valence-electron chi connectivity index (χ3n) is 2.64. The molecule has 2 rings (SSSR count). The zero-order chi connectivity index (χ0) is 11.8. The molecule has 0 radical (unpaired) electrons. The van der Waals surface area contributed by atoms with E-state index in [4.69, 9.17) is 18.9 Å². The molecular formula is C11H18O5. The number of fused-ring (bicyclic) bond motifs is 1. The highest BCUT2D eigenvalue weighted by atomic mass is 16.8. The maximum Gasteiger partial charge on any atom is 0.186 e. The Labute approximate surface area is 94.9 Å². The molecule has 0 aromatic carbocycles. The fourth-order valence-corrected chi connectivity index (χ4v) is 2.03. The van der Waals surface area contributed by atoms with Crippen molar-refractivity contribution in [2.45, 2.75) is 44.2 Å². The first-order valence-electron chi connectivity index (χ1n) is 5.41. The van der Waals surface area contributed by atoms with E-state index in [-0.39, 0.29) is 6.10 Å². The molecule has 4 atom stereocenters. The van der Waals surface area contributed by atoms with Crippen LogP contribution in [0.2, 0.25) is 0 Å². The van der Waals surface area contributed by atoms with Crippen molar-refractivity contribution >= 4 is 0 Å². The van der Waals surface area contributed by atoms with Crippen molar-refractivity contribution in [1.82, 2.24) is 0 Å². The van der Waals surface area contributed by atoms with Gasteiger partial charge in [-0.25, -0.2) is 0 Å². The van der Waals surface area contributed by atoms with E-state index in [1.807, 2.05) is 13.8 Å². The third-order valence-corrected chi connectivity index (χ3v) is 2.64. The van der Waals surface area contributed by atoms with E-state index in [1.54, 1.807) is 6.08 Å². The maximum absolute atomic E-state index is 10.0. The van der Waals surface area contributed by atoms with E-state index in [0.717, 1.165) is 0 Å². The lowest BCUT2D eigenvalue weighted by atomic mass is 10.1. The Morgan fingerprint density at radius 3 is 2.94 bits per heavy atom. The van der Waals surface area contributed by atoms with Crippen molar-refractivity contribution in [3.8, 4) is 0 Å². The molecule has 0 bridgehead atoms. The Bertz CT molecular complexity index is 265. The Morgan fingerprint density at radius 1 is 1.50 bits per heavy atom. The van der Waals surface area contributed by atoms with Crippen LogP contribution in [0.25, 0.3) is 0 Å². The Morgan fingerprint density at radius 2 is 2.25 bits per heavy atom. The van der Waals surface area contributed by atoms with Crippen LogP contribution in [0.15, 0.2) is 12.7 Å². The molecule has 16 heavy (non-hydrogen) atoms. The lowest BCUT2D eigenvalue weighted by Crippen LogP contribution is -2.52. The number of hydrogen-bond donors (Lipinski definition) is 1. The van der Waals surface area contributed by atoms with E-state index < -0.39 is 24.3 Å². The molecule has 0 aromatic heterocycles. The largest absolute Gasteiger partial charge is 0.385 e. The first-order chi connectivity index (χ1) is 7.53. The first kappa shape index (κ1) is 12.0. The smallest absolute Gasteiger partial charge is 0.186 e. The number of aliphatic hydroxyl groups is 1. The molecule has 2 aliphatic heterocycles. The van der Waals surface area contributed by atoms with Gasteiger partial charge in [0.15, 0.2) is 12.1 Å². The lowest BCUT2D eigenvalue weighted by Gasteiger charge is -2.34. The minimum atomic E-state index is -0.833. The van der Waals surface area contributed by atoms with Gasteiger partial charge in [-0.15, -0.1) is 6.58 Å². The van der Waals surface area contributed by atoms with Gasteiger partial charge in [-0.05, 0) is 13.8 Å². The summed E-state index contributed by atoms with van der Waals surface area (Å²) in [4.78, 5) is 0. The molecule has 5 heteroatoms. The summed E-state index contributed by atoms with van der Waals surface area (Å²) in [6.45, 7) is 7.88. The maximum atomic E-state index is 10.0. The Hall–Kier alpha value is -0.460. The molecule has 0 amide bonds. The SMILES string of the molecule is C=CCOC1OC[C@@H]2OC(C)(C)O[C@@H]2[C@H]1O. The molecule has 0 saturated carbocycles. The van der Waals surface area contributed by atoms with E-state index in [2.05, 4.69) is 6.58 Å². The second kappa shape index (κ2) is 4.43. The fraction of sp³-hybridized carbons (Fsp3) is 0.818. The second-order valence-electron chi connectivity index (χ2n) is 4.45. The van der Waals surface area contributed by atoms with E-state index >= 15 is 0 Å². The molecular weight excluding hydrogens is 212 g/mol. The summed E-state index contributed by atoms with van der Waals surface area (Å²) in [6, 6.07) is 0. The van der Waals surface area contributed by atoms with Crippen LogP contribution in [-0.4, -0.2) is 48.7 Å². The first-order valence-corrected chi connectivity index (χ1v) is 5.41. The molecule has 2 heterocycles. The number of ether oxygens (including phenoxy) is 4. The van der Waals surface area contributed by atoms with Gasteiger partial charge in [-0.2, -0.15) is 0 Å². The highest BCUT2D eigenvalue weighted by Gasteiger charge is 2.50. The van der Waals surface area contributed by atoms with Gasteiger partial charge in [-0.3, -0.25) is 0 Å². The Balaban J connectivity index is 1.98. The van der Waals surface area contributed by atoms with Gasteiger partial charge in [0, 0.05) is 0 Å². The minimum Gasteiger partial charge on any atom is -0.385 e. The van der Waals surface area contributed by atoms with Crippen LogP contribution >= 0.6 is 0 Å². The summed E-state index contributed by atoms with van der Waals surface area (Å²) in [5, 5.41) is 10.0. The van der Waals surface area contributed by atoms with Gasteiger partial charge in [0.1, 0.15) is 18.3 Å². The summed E-state index contributed by atoms with van der Waals surface area (Å²) < 4.78 is 21.9. The topological polar surface area (TPSA) is 57.2 Å². The molecule has 1 N–H and O–H groups in total. The number of aliphatic hydroxyl groups excluding tert-OH is 1. The molecule has 92 valence electrons. The van der Waals surface area contributed by atoms with Crippen LogP contribution in [0, 0.1) is 0 Å². The predicted octanol–water partition coefficient (Wildman–Crippen LogP) is 0.426. The summed E-state index contributed by atoms with van der Waals surface area (Å²) in [6.07, 6.45) is -0.512. The van der Waals surface area contributed by atoms with Crippen LogP contribution in [0.4, 0.5) is 0 Å². The molecule has 2 fully saturated rings. The second-order valence-corrected chi connectivity index (χ2v) is 4.45. The lowest BCUT2D eigenvalue weighted by molar-refractivity contribution is -0.247. The summed E-state index contributed by atoms with van der Waals surface area (Å²) >= 11 is 0. The highest BCUT2D eigenvalue weighted by molar-refractivity contribution is 4.91. The number of hydrogen-bond acceptors (Lipinski definition) is 5. The van der Waals surface area contributed by atoms with E-state index in [0.29, 0.717) is 13.2 Å². The molecule has 1 unspecified atom stereocenters. The van der Waals surface area contributed by atoms with Crippen molar-refractivity contribution in [1.29, 1.82) is 0 Å². The van der Waals surface area contributed by atoms with Crippen LogP contribution in [-0.2, 0) is 18.9 Å².